The van der Waals surface area contributed by atoms with Gasteiger partial charge in [0, 0.05) is 37.4 Å². The zero-order valence-electron chi connectivity index (χ0n) is 20.0. The van der Waals surface area contributed by atoms with Crippen molar-refractivity contribution in [3.8, 4) is 17.2 Å². The minimum absolute atomic E-state index is 0.332. The Morgan fingerprint density at radius 1 is 0.941 bits per heavy atom. The number of aryl methyl sites for hydroxylation is 1. The van der Waals surface area contributed by atoms with Crippen LogP contribution < -0.4 is 29.3 Å². The molecule has 2 aromatic carbocycles. The Morgan fingerprint density at radius 3 is 2.21 bits per heavy atom. The van der Waals surface area contributed by atoms with Crippen molar-refractivity contribution < 1.29 is 19.0 Å². The quantitative estimate of drug-likeness (QED) is 0.544. The summed E-state index contributed by atoms with van der Waals surface area (Å²) in [6.45, 7) is 7.79. The summed E-state index contributed by atoms with van der Waals surface area (Å²) in [6, 6.07) is 9.64. The maximum atomic E-state index is 12.9. The minimum atomic E-state index is -0.332. The second kappa shape index (κ2) is 10.2. The molecule has 0 saturated carbocycles. The Balaban J connectivity index is 1.41. The van der Waals surface area contributed by atoms with Gasteiger partial charge in [-0.3, -0.25) is 10.1 Å². The molecule has 0 unspecified atom stereocenters. The first-order valence-electron chi connectivity index (χ1n) is 11.0. The summed E-state index contributed by atoms with van der Waals surface area (Å²) >= 11 is 1.36. The van der Waals surface area contributed by atoms with E-state index >= 15 is 0 Å². The Kier molecular flexibility index (Phi) is 7.06. The molecule has 1 amide bonds. The third-order valence-corrected chi connectivity index (χ3v) is 6.93. The zero-order chi connectivity index (χ0) is 24.2. The van der Waals surface area contributed by atoms with E-state index < -0.39 is 0 Å². The molecular weight excluding hydrogens is 454 g/mol. The van der Waals surface area contributed by atoms with Gasteiger partial charge in [0.15, 0.2) is 11.5 Å². The van der Waals surface area contributed by atoms with Crippen LogP contribution in [0.25, 0.3) is 0 Å². The molecule has 0 atom stereocenters. The maximum Gasteiger partial charge on any atom is 0.257 e. The van der Waals surface area contributed by atoms with E-state index in [9.17, 15) is 4.79 Å². The van der Waals surface area contributed by atoms with Crippen LogP contribution in [0.1, 0.15) is 21.5 Å². The zero-order valence-corrected chi connectivity index (χ0v) is 20.9. The molecule has 0 bridgehead atoms. The fraction of sp³-hybridized carbons (Fsp3) is 0.375. The molecule has 3 aromatic rings. The summed E-state index contributed by atoms with van der Waals surface area (Å²) in [4.78, 5) is 17.5. The summed E-state index contributed by atoms with van der Waals surface area (Å²) in [5.41, 5.74) is 4.28. The average Bonchev–Trinajstić information content (AvgIpc) is 3.33. The van der Waals surface area contributed by atoms with E-state index in [0.717, 1.165) is 31.3 Å². The summed E-state index contributed by atoms with van der Waals surface area (Å²) < 4.78 is 16.0. The molecule has 0 aliphatic carbocycles. The van der Waals surface area contributed by atoms with Crippen LogP contribution in [0.15, 0.2) is 30.3 Å². The van der Waals surface area contributed by atoms with Gasteiger partial charge in [-0.15, -0.1) is 10.2 Å². The SMILES string of the molecule is COc1cc(C(=O)Nc2nnc(N3CCN(c4cccc(C)c4C)CC3)s2)cc(OC)c1OC. The first-order chi connectivity index (χ1) is 16.4. The molecular formula is C24H29N5O4S. The number of hydrogen-bond donors (Lipinski definition) is 1. The molecule has 1 fully saturated rings. The van der Waals surface area contributed by atoms with E-state index in [4.69, 9.17) is 14.2 Å². The van der Waals surface area contributed by atoms with Crippen molar-refractivity contribution in [3.63, 3.8) is 0 Å². The Bertz CT molecular complexity index is 1150. The molecule has 10 heteroatoms. The molecule has 2 heterocycles. The van der Waals surface area contributed by atoms with E-state index in [2.05, 4.69) is 57.4 Å². The molecule has 0 radical (unpaired) electrons. The van der Waals surface area contributed by atoms with Crippen LogP contribution in [0, 0.1) is 13.8 Å². The molecule has 9 nitrogen and oxygen atoms in total. The lowest BCUT2D eigenvalue weighted by Gasteiger charge is -2.36. The molecule has 1 aliphatic heterocycles. The lowest BCUT2D eigenvalue weighted by molar-refractivity contribution is 0.102. The van der Waals surface area contributed by atoms with Crippen LogP contribution in [-0.2, 0) is 0 Å². The van der Waals surface area contributed by atoms with Crippen LogP contribution >= 0.6 is 11.3 Å². The standard InChI is InChI=1S/C24H29N5O4S/c1-15-7-6-8-18(16(15)2)28-9-11-29(12-10-28)24-27-26-23(34-24)25-22(30)17-13-19(31-3)21(33-5)20(14-17)32-4/h6-8,13-14H,9-12H2,1-5H3,(H,25,26,30). The highest BCUT2D eigenvalue weighted by atomic mass is 32.1. The first kappa shape index (κ1) is 23.6. The van der Waals surface area contributed by atoms with Crippen LogP contribution in [0.3, 0.4) is 0 Å². The number of nitrogens with one attached hydrogen (secondary N) is 1. The highest BCUT2D eigenvalue weighted by Crippen LogP contribution is 2.38. The molecule has 1 aliphatic rings. The van der Waals surface area contributed by atoms with Gasteiger partial charge in [-0.1, -0.05) is 23.5 Å². The molecule has 34 heavy (non-hydrogen) atoms. The van der Waals surface area contributed by atoms with E-state index in [1.807, 2.05) is 0 Å². The number of carbonyl (C=O) groups is 1. The predicted octanol–water partition coefficient (Wildman–Crippen LogP) is 3.76. The van der Waals surface area contributed by atoms with Gasteiger partial charge >= 0.3 is 0 Å². The van der Waals surface area contributed by atoms with E-state index in [1.54, 1.807) is 12.1 Å². The summed E-state index contributed by atoms with van der Waals surface area (Å²) in [7, 11) is 4.54. The van der Waals surface area contributed by atoms with Gasteiger partial charge in [-0.05, 0) is 43.2 Å². The van der Waals surface area contributed by atoms with Crippen LogP contribution in [0.4, 0.5) is 16.0 Å². The van der Waals surface area contributed by atoms with Gasteiger partial charge in [0.05, 0.1) is 21.3 Å². The number of piperazine rings is 1. The summed E-state index contributed by atoms with van der Waals surface area (Å²) in [5.74, 6) is 0.916. The van der Waals surface area contributed by atoms with Crippen molar-refractivity contribution in [1.29, 1.82) is 0 Å². The average molecular weight is 484 g/mol. The number of aromatic nitrogens is 2. The van der Waals surface area contributed by atoms with Crippen molar-refractivity contribution in [2.45, 2.75) is 13.8 Å². The molecule has 1 aromatic heterocycles. The van der Waals surface area contributed by atoms with Gasteiger partial charge in [-0.25, -0.2) is 0 Å². The number of carbonyl (C=O) groups excluding carboxylic acids is 1. The largest absolute Gasteiger partial charge is 0.493 e. The van der Waals surface area contributed by atoms with Crippen molar-refractivity contribution in [3.05, 3.63) is 47.0 Å². The highest BCUT2D eigenvalue weighted by molar-refractivity contribution is 7.19. The van der Waals surface area contributed by atoms with Crippen molar-refractivity contribution in [2.24, 2.45) is 0 Å². The number of rotatable bonds is 7. The lowest BCUT2D eigenvalue weighted by atomic mass is 10.1. The van der Waals surface area contributed by atoms with Crippen molar-refractivity contribution >= 4 is 33.2 Å². The molecule has 1 N–H and O–H groups in total. The third kappa shape index (κ3) is 4.72. The Hall–Kier alpha value is -3.53. The molecule has 0 spiro atoms. The van der Waals surface area contributed by atoms with Gasteiger partial charge < -0.3 is 24.0 Å². The van der Waals surface area contributed by atoms with E-state index in [0.29, 0.717) is 27.9 Å². The van der Waals surface area contributed by atoms with Gasteiger partial charge in [0.1, 0.15) is 0 Å². The number of benzene rings is 2. The Morgan fingerprint density at radius 2 is 1.59 bits per heavy atom. The summed E-state index contributed by atoms with van der Waals surface area (Å²) in [6.07, 6.45) is 0. The number of ether oxygens (including phenoxy) is 3. The molecule has 1 saturated heterocycles. The van der Waals surface area contributed by atoms with Gasteiger partial charge in [-0.2, -0.15) is 0 Å². The van der Waals surface area contributed by atoms with Crippen molar-refractivity contribution in [2.75, 3.05) is 62.6 Å². The normalized spacial score (nSPS) is 13.6. The number of nitrogens with zero attached hydrogens (tertiary/aromatic N) is 4. The first-order valence-corrected chi connectivity index (χ1v) is 11.8. The third-order valence-electron chi connectivity index (χ3n) is 6.03. The lowest BCUT2D eigenvalue weighted by Crippen LogP contribution is -2.46. The van der Waals surface area contributed by atoms with Gasteiger partial charge in [0.2, 0.25) is 16.0 Å². The number of amides is 1. The second-order valence-corrected chi connectivity index (χ2v) is 8.91. The highest BCUT2D eigenvalue weighted by Gasteiger charge is 2.23. The van der Waals surface area contributed by atoms with Crippen LogP contribution in [-0.4, -0.2) is 63.6 Å². The predicted molar refractivity (Wildman–Crippen MR) is 134 cm³/mol. The Labute approximate surface area is 203 Å². The fourth-order valence-corrected chi connectivity index (χ4v) is 4.78. The molecule has 180 valence electrons. The molecule has 4 rings (SSSR count). The van der Waals surface area contributed by atoms with E-state index in [1.165, 1.54) is 49.5 Å². The van der Waals surface area contributed by atoms with E-state index in [-0.39, 0.29) is 5.91 Å². The minimum Gasteiger partial charge on any atom is -0.493 e. The van der Waals surface area contributed by atoms with Gasteiger partial charge in [0.25, 0.3) is 5.91 Å². The van der Waals surface area contributed by atoms with Crippen LogP contribution in [0.5, 0.6) is 17.2 Å². The van der Waals surface area contributed by atoms with Crippen molar-refractivity contribution in [1.82, 2.24) is 10.2 Å². The topological polar surface area (TPSA) is 89.0 Å². The van der Waals surface area contributed by atoms with Crippen LogP contribution in [0.2, 0.25) is 0 Å². The smallest absolute Gasteiger partial charge is 0.257 e. The monoisotopic (exact) mass is 483 g/mol. The number of anilines is 3. The second-order valence-electron chi connectivity index (χ2n) is 7.95. The summed E-state index contributed by atoms with van der Waals surface area (Å²) in [5, 5.41) is 12.5. The number of hydrogen-bond acceptors (Lipinski definition) is 9. The fourth-order valence-electron chi connectivity index (χ4n) is 3.99. The number of methoxy groups -OCH3 is 3. The maximum absolute atomic E-state index is 12.9.